The van der Waals surface area contributed by atoms with Crippen LogP contribution in [-0.2, 0) is 16.8 Å². The van der Waals surface area contributed by atoms with Crippen LogP contribution in [0.5, 0.6) is 0 Å². The van der Waals surface area contributed by atoms with Crippen LogP contribution in [0.2, 0.25) is 0 Å². The predicted molar refractivity (Wildman–Crippen MR) is 63.2 cm³/mol. The summed E-state index contributed by atoms with van der Waals surface area (Å²) < 4.78 is 5.48. The van der Waals surface area contributed by atoms with E-state index < -0.39 is 5.41 Å². The van der Waals surface area contributed by atoms with Gasteiger partial charge in [0.15, 0.2) is 0 Å². The summed E-state index contributed by atoms with van der Waals surface area (Å²) in [6.45, 7) is 7.42. The molecule has 2 heteroatoms. The van der Waals surface area contributed by atoms with Gasteiger partial charge in [-0.1, -0.05) is 32.0 Å². The van der Waals surface area contributed by atoms with E-state index in [-0.39, 0.29) is 0 Å². The van der Waals surface area contributed by atoms with E-state index in [1.807, 2.05) is 6.92 Å². The minimum Gasteiger partial charge on any atom is -0.375 e. The number of nitrogens with zero attached hydrogens (tertiary/aromatic N) is 1. The Bertz CT molecular complexity index is 445. The van der Waals surface area contributed by atoms with E-state index in [4.69, 9.17) is 4.74 Å². The molecular formula is C14H17NO. The molecule has 0 saturated heterocycles. The van der Waals surface area contributed by atoms with Crippen LogP contribution < -0.4 is 0 Å². The molecular weight excluding hydrogens is 198 g/mol. The van der Waals surface area contributed by atoms with Gasteiger partial charge in [-0.15, -0.1) is 0 Å². The van der Waals surface area contributed by atoms with Crippen molar-refractivity contribution >= 4 is 0 Å². The molecule has 1 aliphatic rings. The minimum absolute atomic E-state index is 0.488. The number of benzene rings is 1. The maximum absolute atomic E-state index is 9.30. The first-order chi connectivity index (χ1) is 7.57. The molecule has 0 unspecified atom stereocenters. The van der Waals surface area contributed by atoms with Gasteiger partial charge in [-0.2, -0.15) is 5.26 Å². The molecule has 0 saturated carbocycles. The number of rotatable bonds is 1. The summed E-state index contributed by atoms with van der Waals surface area (Å²) in [5.74, 6) is 0.496. The Labute approximate surface area is 96.9 Å². The van der Waals surface area contributed by atoms with Crippen LogP contribution in [0, 0.1) is 11.3 Å². The molecule has 2 nitrogen and oxygen atoms in total. The van der Waals surface area contributed by atoms with Crippen LogP contribution in [-0.4, -0.2) is 6.61 Å². The first-order valence-electron chi connectivity index (χ1n) is 5.69. The maximum atomic E-state index is 9.30. The number of hydrogen-bond acceptors (Lipinski definition) is 2. The quantitative estimate of drug-likeness (QED) is 0.721. The van der Waals surface area contributed by atoms with Crippen molar-refractivity contribution in [2.45, 2.75) is 38.7 Å². The van der Waals surface area contributed by atoms with Crippen molar-refractivity contribution in [1.82, 2.24) is 0 Å². The highest BCUT2D eigenvalue weighted by Crippen LogP contribution is 2.33. The zero-order valence-corrected chi connectivity index (χ0v) is 10.1. The van der Waals surface area contributed by atoms with Gasteiger partial charge in [-0.05, 0) is 29.5 Å². The highest BCUT2D eigenvalue weighted by atomic mass is 16.5. The highest BCUT2D eigenvalue weighted by molar-refractivity contribution is 5.43. The Morgan fingerprint density at radius 2 is 2.19 bits per heavy atom. The summed E-state index contributed by atoms with van der Waals surface area (Å²) in [4.78, 5) is 0. The normalized spacial score (nSPS) is 23.9. The van der Waals surface area contributed by atoms with Crippen molar-refractivity contribution in [3.8, 4) is 6.07 Å². The second-order valence-electron chi connectivity index (χ2n) is 5.01. The average molecular weight is 215 g/mol. The molecule has 0 aromatic heterocycles. The van der Waals surface area contributed by atoms with E-state index in [0.29, 0.717) is 19.1 Å². The van der Waals surface area contributed by atoms with Crippen molar-refractivity contribution in [1.29, 1.82) is 5.26 Å². The summed E-state index contributed by atoms with van der Waals surface area (Å²) in [7, 11) is 0. The molecule has 0 aliphatic carbocycles. The molecule has 84 valence electrons. The number of nitriles is 1. The maximum Gasteiger partial charge on any atom is 0.103 e. The van der Waals surface area contributed by atoms with Crippen LogP contribution in [0.4, 0.5) is 0 Å². The van der Waals surface area contributed by atoms with Gasteiger partial charge >= 0.3 is 0 Å². The molecule has 0 amide bonds. The van der Waals surface area contributed by atoms with Gasteiger partial charge in [0.1, 0.15) is 5.41 Å². The lowest BCUT2D eigenvalue weighted by molar-refractivity contribution is 0.0759. The number of ether oxygens (including phenoxy) is 1. The fourth-order valence-electron chi connectivity index (χ4n) is 2.13. The average Bonchev–Trinajstić information content (AvgIpc) is 2.29. The van der Waals surface area contributed by atoms with Gasteiger partial charge in [0.2, 0.25) is 0 Å². The summed E-state index contributed by atoms with van der Waals surface area (Å²) in [6, 6.07) is 8.78. The Balaban J connectivity index is 2.54. The Morgan fingerprint density at radius 3 is 2.81 bits per heavy atom. The standard InChI is InChI=1S/C14H17NO/c1-10(2)11-4-5-12-7-16-9-14(3,8-15)13(12)6-11/h4-6,10H,7,9H2,1-3H3/t14-/m0/s1. The predicted octanol–water partition coefficient (Wildman–Crippen LogP) is 3.12. The van der Waals surface area contributed by atoms with E-state index >= 15 is 0 Å². The highest BCUT2D eigenvalue weighted by Gasteiger charge is 2.33. The Kier molecular flexibility index (Phi) is 2.73. The number of hydrogen-bond donors (Lipinski definition) is 0. The molecule has 0 N–H and O–H groups in total. The van der Waals surface area contributed by atoms with Gasteiger partial charge in [0.25, 0.3) is 0 Å². The molecule has 2 rings (SSSR count). The third-order valence-corrected chi connectivity index (χ3v) is 3.29. The third kappa shape index (κ3) is 1.72. The molecule has 0 bridgehead atoms. The first kappa shape index (κ1) is 11.2. The minimum atomic E-state index is -0.488. The molecule has 1 aromatic rings. The summed E-state index contributed by atoms with van der Waals surface area (Å²) in [5, 5.41) is 9.30. The smallest absolute Gasteiger partial charge is 0.103 e. The van der Waals surface area contributed by atoms with Crippen LogP contribution in [0.1, 0.15) is 43.4 Å². The monoisotopic (exact) mass is 215 g/mol. The van der Waals surface area contributed by atoms with Crippen LogP contribution in [0.25, 0.3) is 0 Å². The van der Waals surface area contributed by atoms with Crippen molar-refractivity contribution in [2.75, 3.05) is 6.61 Å². The van der Waals surface area contributed by atoms with E-state index in [1.165, 1.54) is 5.56 Å². The SMILES string of the molecule is CC(C)c1ccc2c(c1)[C@@](C)(C#N)COC2. The van der Waals surface area contributed by atoms with Crippen molar-refractivity contribution < 1.29 is 4.74 Å². The molecule has 1 atom stereocenters. The Hall–Kier alpha value is -1.33. The zero-order valence-electron chi connectivity index (χ0n) is 10.1. The molecule has 1 heterocycles. The zero-order chi connectivity index (χ0) is 11.8. The second kappa shape index (κ2) is 3.92. The summed E-state index contributed by atoms with van der Waals surface area (Å²) in [5.41, 5.74) is 3.10. The lowest BCUT2D eigenvalue weighted by Crippen LogP contribution is -2.32. The Morgan fingerprint density at radius 1 is 1.44 bits per heavy atom. The largest absolute Gasteiger partial charge is 0.375 e. The van der Waals surface area contributed by atoms with Gasteiger partial charge in [0, 0.05) is 0 Å². The molecule has 0 fully saturated rings. The third-order valence-electron chi connectivity index (χ3n) is 3.29. The van der Waals surface area contributed by atoms with Gasteiger partial charge in [-0.3, -0.25) is 0 Å². The first-order valence-corrected chi connectivity index (χ1v) is 5.69. The van der Waals surface area contributed by atoms with Gasteiger partial charge in [-0.25, -0.2) is 0 Å². The van der Waals surface area contributed by atoms with Crippen LogP contribution >= 0.6 is 0 Å². The molecule has 0 spiro atoms. The van der Waals surface area contributed by atoms with E-state index in [9.17, 15) is 5.26 Å². The number of fused-ring (bicyclic) bond motifs is 1. The molecule has 0 radical (unpaired) electrons. The lowest BCUT2D eigenvalue weighted by atomic mass is 9.79. The van der Waals surface area contributed by atoms with Crippen molar-refractivity contribution in [2.24, 2.45) is 0 Å². The van der Waals surface area contributed by atoms with E-state index in [1.54, 1.807) is 0 Å². The molecule has 16 heavy (non-hydrogen) atoms. The van der Waals surface area contributed by atoms with Gasteiger partial charge in [0.05, 0.1) is 19.3 Å². The molecule has 1 aliphatic heterocycles. The van der Waals surface area contributed by atoms with E-state index in [2.05, 4.69) is 38.1 Å². The van der Waals surface area contributed by atoms with Crippen LogP contribution in [0.15, 0.2) is 18.2 Å². The van der Waals surface area contributed by atoms with Gasteiger partial charge < -0.3 is 4.74 Å². The molecule has 1 aromatic carbocycles. The lowest BCUT2D eigenvalue weighted by Gasteiger charge is -2.30. The topological polar surface area (TPSA) is 33.0 Å². The fourth-order valence-corrected chi connectivity index (χ4v) is 2.13. The fraction of sp³-hybridized carbons (Fsp3) is 0.500. The summed E-state index contributed by atoms with van der Waals surface area (Å²) >= 11 is 0. The van der Waals surface area contributed by atoms with Crippen molar-refractivity contribution in [3.05, 3.63) is 34.9 Å². The van der Waals surface area contributed by atoms with Crippen LogP contribution in [0.3, 0.4) is 0 Å². The van der Waals surface area contributed by atoms with Crippen molar-refractivity contribution in [3.63, 3.8) is 0 Å². The summed E-state index contributed by atoms with van der Waals surface area (Å²) in [6.07, 6.45) is 0. The second-order valence-corrected chi connectivity index (χ2v) is 5.01. The van der Waals surface area contributed by atoms with E-state index in [0.717, 1.165) is 11.1 Å².